The van der Waals surface area contributed by atoms with E-state index in [4.69, 9.17) is 4.74 Å². The lowest BCUT2D eigenvalue weighted by atomic mass is 9.99. The molecule has 0 bridgehead atoms. The third-order valence-corrected chi connectivity index (χ3v) is 3.27. The Morgan fingerprint density at radius 3 is 2.95 bits per heavy atom. The number of aliphatic hydroxyl groups is 1. The number of nitrogens with zero attached hydrogens (tertiary/aromatic N) is 1. The monoisotopic (exact) mass is 263 g/mol. The Balaban J connectivity index is 2.28. The number of aliphatic hydroxyl groups excluding tert-OH is 1. The van der Waals surface area contributed by atoms with Crippen LogP contribution in [0.3, 0.4) is 0 Å². The van der Waals surface area contributed by atoms with Crippen molar-refractivity contribution in [1.29, 1.82) is 0 Å². The highest BCUT2D eigenvalue weighted by Crippen LogP contribution is 2.37. The molecule has 0 aliphatic carbocycles. The molecule has 0 spiro atoms. The van der Waals surface area contributed by atoms with Crippen LogP contribution in [0, 0.1) is 0 Å². The first-order valence-electron chi connectivity index (χ1n) is 6.15. The summed E-state index contributed by atoms with van der Waals surface area (Å²) in [7, 11) is 1.30. The van der Waals surface area contributed by atoms with Crippen LogP contribution < -0.4 is 0 Å². The molecule has 3 atom stereocenters. The smallest absolute Gasteiger partial charge is 0.356 e. The zero-order valence-electron chi connectivity index (χ0n) is 11.0. The minimum atomic E-state index is -0.766. The summed E-state index contributed by atoms with van der Waals surface area (Å²) in [5.74, 6) is -0.514. The van der Waals surface area contributed by atoms with Crippen LogP contribution in [0.5, 0.6) is 0 Å². The predicted octanol–water partition coefficient (Wildman–Crippen LogP) is 1.64. The van der Waals surface area contributed by atoms with Gasteiger partial charge in [0.25, 0.3) is 0 Å². The summed E-state index contributed by atoms with van der Waals surface area (Å²) < 4.78 is 10.4. The molecule has 1 aliphatic rings. The average Bonchev–Trinajstić information content (AvgIpc) is 2.74. The predicted molar refractivity (Wildman–Crippen MR) is 68.6 cm³/mol. The van der Waals surface area contributed by atoms with E-state index in [1.165, 1.54) is 13.3 Å². The van der Waals surface area contributed by atoms with E-state index in [9.17, 15) is 9.90 Å². The number of carbonyl (C=O) groups excluding carboxylic acids is 1. The number of rotatable bonds is 3. The Morgan fingerprint density at radius 1 is 1.63 bits per heavy atom. The van der Waals surface area contributed by atoms with E-state index in [1.54, 1.807) is 12.1 Å². The highest BCUT2D eigenvalue weighted by atomic mass is 16.5. The Hall–Kier alpha value is -1.72. The zero-order chi connectivity index (χ0) is 14.0. The third kappa shape index (κ3) is 2.52. The van der Waals surface area contributed by atoms with Crippen LogP contribution in [-0.4, -0.2) is 35.4 Å². The summed E-state index contributed by atoms with van der Waals surface area (Å²) in [5.41, 5.74) is 1.56. The first-order chi connectivity index (χ1) is 9.08. The fourth-order valence-corrected chi connectivity index (χ4v) is 2.18. The quantitative estimate of drug-likeness (QED) is 0.663. The number of esters is 1. The summed E-state index contributed by atoms with van der Waals surface area (Å²) >= 11 is 0. The average molecular weight is 263 g/mol. The zero-order valence-corrected chi connectivity index (χ0v) is 11.0. The number of carbonyl (C=O) groups is 1. The van der Waals surface area contributed by atoms with Crippen LogP contribution in [0.15, 0.2) is 30.5 Å². The van der Waals surface area contributed by atoms with Gasteiger partial charge < -0.3 is 14.6 Å². The normalized spacial score (nSPS) is 26.5. The molecule has 2 rings (SSSR count). The summed E-state index contributed by atoms with van der Waals surface area (Å²) in [5, 5.41) is 10.1. The number of methoxy groups -OCH3 is 1. The van der Waals surface area contributed by atoms with Crippen LogP contribution in [0.2, 0.25) is 0 Å². The van der Waals surface area contributed by atoms with Gasteiger partial charge in [0.15, 0.2) is 0 Å². The molecule has 0 radical (unpaired) electrons. The topological polar surface area (TPSA) is 68.7 Å². The first-order valence-corrected chi connectivity index (χ1v) is 6.15. The molecule has 0 amide bonds. The van der Waals surface area contributed by atoms with Crippen LogP contribution >= 0.6 is 0 Å². The number of pyridine rings is 1. The Labute approximate surface area is 111 Å². The van der Waals surface area contributed by atoms with Gasteiger partial charge in [-0.1, -0.05) is 13.5 Å². The maximum atomic E-state index is 11.4. The highest BCUT2D eigenvalue weighted by Gasteiger charge is 2.37. The van der Waals surface area contributed by atoms with Crippen molar-refractivity contribution in [2.75, 3.05) is 7.11 Å². The Morgan fingerprint density at radius 2 is 2.37 bits per heavy atom. The summed E-state index contributed by atoms with van der Waals surface area (Å²) in [6.45, 7) is 5.82. The summed E-state index contributed by atoms with van der Waals surface area (Å²) in [4.78, 5) is 15.4. The molecule has 5 heteroatoms. The van der Waals surface area contributed by atoms with Crippen LogP contribution in [0.1, 0.15) is 35.5 Å². The van der Waals surface area contributed by atoms with Crippen molar-refractivity contribution >= 4 is 5.97 Å². The molecule has 1 aliphatic heterocycles. The Kier molecular flexibility index (Phi) is 3.97. The lowest BCUT2D eigenvalue weighted by Gasteiger charge is -2.14. The van der Waals surface area contributed by atoms with Crippen molar-refractivity contribution in [3.8, 4) is 0 Å². The van der Waals surface area contributed by atoms with Gasteiger partial charge >= 0.3 is 5.97 Å². The molecule has 1 saturated heterocycles. The minimum absolute atomic E-state index is 0.158. The molecule has 102 valence electrons. The largest absolute Gasteiger partial charge is 0.464 e. The molecule has 1 fully saturated rings. The SMILES string of the molecule is C=C1[C@@H](O)[C@H](c2ccnc(C(=O)OC)c2)O[C@@H]1CC. The van der Waals surface area contributed by atoms with Gasteiger partial charge in [0.2, 0.25) is 0 Å². The molecule has 1 N–H and O–H groups in total. The molecule has 19 heavy (non-hydrogen) atoms. The van der Waals surface area contributed by atoms with Gasteiger partial charge in [-0.3, -0.25) is 0 Å². The van der Waals surface area contributed by atoms with E-state index in [0.29, 0.717) is 11.1 Å². The Bertz CT molecular complexity index is 500. The fraction of sp³-hybridized carbons (Fsp3) is 0.429. The minimum Gasteiger partial charge on any atom is -0.464 e. The second-order valence-corrected chi connectivity index (χ2v) is 4.44. The van der Waals surface area contributed by atoms with Gasteiger partial charge in [0.05, 0.1) is 13.2 Å². The van der Waals surface area contributed by atoms with Crippen molar-refractivity contribution in [2.45, 2.75) is 31.7 Å². The van der Waals surface area contributed by atoms with Crippen LogP contribution in [0.25, 0.3) is 0 Å². The van der Waals surface area contributed by atoms with Gasteiger partial charge in [-0.05, 0) is 29.7 Å². The van der Waals surface area contributed by atoms with E-state index in [-0.39, 0.29) is 11.8 Å². The molecule has 1 aromatic heterocycles. The van der Waals surface area contributed by atoms with E-state index >= 15 is 0 Å². The molecule has 5 nitrogen and oxygen atoms in total. The van der Waals surface area contributed by atoms with E-state index < -0.39 is 18.2 Å². The molecule has 0 aromatic carbocycles. The first kappa shape index (κ1) is 13.7. The lowest BCUT2D eigenvalue weighted by Crippen LogP contribution is -2.15. The van der Waals surface area contributed by atoms with Gasteiger partial charge in [-0.25, -0.2) is 9.78 Å². The highest BCUT2D eigenvalue weighted by molar-refractivity contribution is 5.87. The van der Waals surface area contributed by atoms with E-state index in [2.05, 4.69) is 16.3 Å². The van der Waals surface area contributed by atoms with Crippen LogP contribution in [-0.2, 0) is 9.47 Å². The van der Waals surface area contributed by atoms with Crippen molar-refractivity contribution in [3.63, 3.8) is 0 Å². The molecule has 0 saturated carbocycles. The second-order valence-electron chi connectivity index (χ2n) is 4.44. The van der Waals surface area contributed by atoms with Gasteiger partial charge in [-0.15, -0.1) is 0 Å². The van der Waals surface area contributed by atoms with E-state index in [1.807, 2.05) is 6.92 Å². The summed E-state index contributed by atoms with van der Waals surface area (Å²) in [6.07, 6.45) is 0.817. The maximum Gasteiger partial charge on any atom is 0.356 e. The number of ether oxygens (including phenoxy) is 2. The standard InChI is InChI=1S/C14H17NO4/c1-4-11-8(2)12(16)13(19-11)9-5-6-15-10(7-9)14(17)18-3/h5-7,11-13,16H,2,4H2,1,3H3/t11-,12-,13+/m1/s1. The van der Waals surface area contributed by atoms with Gasteiger partial charge in [-0.2, -0.15) is 0 Å². The fourth-order valence-electron chi connectivity index (χ4n) is 2.18. The van der Waals surface area contributed by atoms with Gasteiger partial charge in [0, 0.05) is 6.20 Å². The number of hydrogen-bond acceptors (Lipinski definition) is 5. The van der Waals surface area contributed by atoms with Crippen molar-refractivity contribution in [2.24, 2.45) is 0 Å². The number of hydrogen-bond donors (Lipinski definition) is 1. The van der Waals surface area contributed by atoms with Crippen molar-refractivity contribution < 1.29 is 19.4 Å². The second kappa shape index (κ2) is 5.50. The molecule has 0 unspecified atom stereocenters. The molecular weight excluding hydrogens is 246 g/mol. The van der Waals surface area contributed by atoms with Gasteiger partial charge in [0.1, 0.15) is 17.9 Å². The molecular formula is C14H17NO4. The molecule has 1 aromatic rings. The van der Waals surface area contributed by atoms with E-state index in [0.717, 1.165) is 6.42 Å². The van der Waals surface area contributed by atoms with Crippen molar-refractivity contribution in [3.05, 3.63) is 41.7 Å². The van der Waals surface area contributed by atoms with Crippen molar-refractivity contribution in [1.82, 2.24) is 4.98 Å². The third-order valence-electron chi connectivity index (χ3n) is 3.27. The number of aromatic nitrogens is 1. The summed E-state index contributed by atoms with van der Waals surface area (Å²) in [6, 6.07) is 3.29. The lowest BCUT2D eigenvalue weighted by molar-refractivity contribution is 0.00798. The maximum absolute atomic E-state index is 11.4. The van der Waals surface area contributed by atoms with Crippen LogP contribution in [0.4, 0.5) is 0 Å². The molecule has 2 heterocycles.